The zero-order valence-electron chi connectivity index (χ0n) is 12.3. The van der Waals surface area contributed by atoms with Gasteiger partial charge in [-0.25, -0.2) is 4.68 Å². The number of anilines is 1. The maximum absolute atomic E-state index is 6.29. The number of nitrogens with zero attached hydrogens (tertiary/aromatic N) is 4. The van der Waals surface area contributed by atoms with Crippen molar-refractivity contribution in [1.29, 1.82) is 0 Å². The molecule has 1 aromatic carbocycles. The summed E-state index contributed by atoms with van der Waals surface area (Å²) in [4.78, 5) is 0. The van der Waals surface area contributed by atoms with Crippen molar-refractivity contribution in [2.24, 2.45) is 11.8 Å². The first-order valence-electron chi connectivity index (χ1n) is 7.39. The lowest BCUT2D eigenvalue weighted by Crippen LogP contribution is -2.24. The molecule has 1 aliphatic carbocycles. The van der Waals surface area contributed by atoms with Crippen molar-refractivity contribution in [2.45, 2.75) is 39.2 Å². The molecule has 0 bridgehead atoms. The standard InChI is InChI=1S/C15H20ClN5/c1-9-3-5-12(7-10(9)2)21-15(18-19-20-21)13-6-4-11(17)8-14(13)16/h4,6,8-10,12H,3,5,7,17H2,1-2H3. The Kier molecular flexibility index (Phi) is 3.85. The molecule has 1 saturated carbocycles. The van der Waals surface area contributed by atoms with Crippen molar-refractivity contribution in [3.05, 3.63) is 23.2 Å². The lowest BCUT2D eigenvalue weighted by molar-refractivity contribution is 0.200. The van der Waals surface area contributed by atoms with Gasteiger partial charge < -0.3 is 5.73 Å². The third kappa shape index (κ3) is 2.75. The van der Waals surface area contributed by atoms with Gasteiger partial charge in [-0.15, -0.1) is 5.10 Å². The molecular formula is C15H20ClN5. The summed E-state index contributed by atoms with van der Waals surface area (Å²) in [5, 5.41) is 12.8. The summed E-state index contributed by atoms with van der Waals surface area (Å²) in [7, 11) is 0. The quantitative estimate of drug-likeness (QED) is 0.861. The number of rotatable bonds is 2. The topological polar surface area (TPSA) is 69.6 Å². The Balaban J connectivity index is 1.94. The van der Waals surface area contributed by atoms with Gasteiger partial charge in [0.25, 0.3) is 0 Å². The van der Waals surface area contributed by atoms with Gasteiger partial charge in [0.2, 0.25) is 0 Å². The van der Waals surface area contributed by atoms with E-state index in [1.54, 1.807) is 6.07 Å². The molecule has 6 heteroatoms. The van der Waals surface area contributed by atoms with Crippen LogP contribution in [0.1, 0.15) is 39.2 Å². The molecule has 0 amide bonds. The van der Waals surface area contributed by atoms with Crippen LogP contribution in [0.5, 0.6) is 0 Å². The highest BCUT2D eigenvalue weighted by atomic mass is 35.5. The van der Waals surface area contributed by atoms with Gasteiger partial charge in [-0.2, -0.15) is 0 Å². The number of aromatic nitrogens is 4. The first-order valence-corrected chi connectivity index (χ1v) is 7.77. The van der Waals surface area contributed by atoms with Crippen LogP contribution in [-0.4, -0.2) is 20.2 Å². The predicted octanol–water partition coefficient (Wildman–Crippen LogP) is 3.57. The van der Waals surface area contributed by atoms with Crippen LogP contribution in [0.3, 0.4) is 0 Å². The van der Waals surface area contributed by atoms with Gasteiger partial charge in [0.05, 0.1) is 11.1 Å². The summed E-state index contributed by atoms with van der Waals surface area (Å²) in [5.74, 6) is 2.18. The fourth-order valence-corrected chi connectivity index (χ4v) is 3.34. The molecular weight excluding hydrogens is 286 g/mol. The maximum atomic E-state index is 6.29. The van der Waals surface area contributed by atoms with Crippen LogP contribution in [0.15, 0.2) is 18.2 Å². The van der Waals surface area contributed by atoms with Crippen LogP contribution in [0, 0.1) is 11.8 Å². The second kappa shape index (κ2) is 5.64. The Bertz CT molecular complexity index is 639. The molecule has 2 aromatic rings. The number of hydrogen-bond donors (Lipinski definition) is 1. The van der Waals surface area contributed by atoms with Gasteiger partial charge in [0, 0.05) is 11.3 Å². The smallest absolute Gasteiger partial charge is 0.183 e. The lowest BCUT2D eigenvalue weighted by atomic mass is 9.79. The first kappa shape index (κ1) is 14.3. The minimum Gasteiger partial charge on any atom is -0.399 e. The van der Waals surface area contributed by atoms with Crippen LogP contribution in [-0.2, 0) is 0 Å². The Morgan fingerprint density at radius 1 is 1.24 bits per heavy atom. The minimum absolute atomic E-state index is 0.342. The van der Waals surface area contributed by atoms with Crippen LogP contribution >= 0.6 is 11.6 Å². The van der Waals surface area contributed by atoms with Crippen molar-refractivity contribution in [3.8, 4) is 11.4 Å². The summed E-state index contributed by atoms with van der Waals surface area (Å²) in [5.41, 5.74) is 7.23. The van der Waals surface area contributed by atoms with E-state index < -0.39 is 0 Å². The average molecular weight is 306 g/mol. The summed E-state index contributed by atoms with van der Waals surface area (Å²) < 4.78 is 1.93. The number of nitrogen functional groups attached to an aromatic ring is 1. The molecule has 0 aliphatic heterocycles. The van der Waals surface area contributed by atoms with Gasteiger partial charge >= 0.3 is 0 Å². The fourth-order valence-electron chi connectivity index (χ4n) is 3.07. The van der Waals surface area contributed by atoms with E-state index in [1.807, 2.05) is 16.8 Å². The second-order valence-electron chi connectivity index (χ2n) is 6.11. The molecule has 2 N–H and O–H groups in total. The fraction of sp³-hybridized carbons (Fsp3) is 0.533. The van der Waals surface area contributed by atoms with Crippen LogP contribution in [0.2, 0.25) is 5.02 Å². The van der Waals surface area contributed by atoms with Crippen molar-refractivity contribution in [3.63, 3.8) is 0 Å². The van der Waals surface area contributed by atoms with Gasteiger partial charge in [-0.05, 0) is 59.7 Å². The normalized spacial score (nSPS) is 26.0. The monoisotopic (exact) mass is 305 g/mol. The van der Waals surface area contributed by atoms with Crippen molar-refractivity contribution in [2.75, 3.05) is 5.73 Å². The number of nitrogens with two attached hydrogens (primary N) is 1. The number of benzene rings is 1. The van der Waals surface area contributed by atoms with E-state index in [1.165, 1.54) is 6.42 Å². The van der Waals surface area contributed by atoms with Gasteiger partial charge in [-0.3, -0.25) is 0 Å². The molecule has 0 spiro atoms. The third-order valence-electron chi connectivity index (χ3n) is 4.64. The Morgan fingerprint density at radius 3 is 2.76 bits per heavy atom. The second-order valence-corrected chi connectivity index (χ2v) is 6.51. The predicted molar refractivity (Wildman–Crippen MR) is 83.9 cm³/mol. The molecule has 5 nitrogen and oxygen atoms in total. The Morgan fingerprint density at radius 2 is 2.05 bits per heavy atom. The molecule has 112 valence electrons. The Labute approximate surface area is 129 Å². The number of hydrogen-bond acceptors (Lipinski definition) is 4. The summed E-state index contributed by atoms with van der Waals surface area (Å²) in [6, 6.07) is 5.79. The first-order chi connectivity index (χ1) is 10.1. The molecule has 1 aromatic heterocycles. The Hall–Kier alpha value is -1.62. The molecule has 21 heavy (non-hydrogen) atoms. The van der Waals surface area contributed by atoms with Crippen LogP contribution in [0.4, 0.5) is 5.69 Å². The highest BCUT2D eigenvalue weighted by Crippen LogP contribution is 2.38. The van der Waals surface area contributed by atoms with Crippen LogP contribution < -0.4 is 5.73 Å². The third-order valence-corrected chi connectivity index (χ3v) is 4.96. The van der Waals surface area contributed by atoms with Crippen LogP contribution in [0.25, 0.3) is 11.4 Å². The molecule has 1 heterocycles. The van der Waals surface area contributed by atoms with Crippen molar-refractivity contribution >= 4 is 17.3 Å². The van der Waals surface area contributed by atoms with E-state index in [2.05, 4.69) is 29.4 Å². The van der Waals surface area contributed by atoms with E-state index in [-0.39, 0.29) is 0 Å². The molecule has 0 radical (unpaired) electrons. The molecule has 3 unspecified atom stereocenters. The summed E-state index contributed by atoms with van der Waals surface area (Å²) in [6.45, 7) is 4.62. The number of tetrazole rings is 1. The van der Waals surface area contributed by atoms with E-state index >= 15 is 0 Å². The highest BCUT2D eigenvalue weighted by Gasteiger charge is 2.28. The van der Waals surface area contributed by atoms with E-state index in [4.69, 9.17) is 17.3 Å². The minimum atomic E-state index is 0.342. The molecule has 3 rings (SSSR count). The zero-order chi connectivity index (χ0) is 15.0. The molecule has 3 atom stereocenters. The van der Waals surface area contributed by atoms with E-state index in [0.717, 1.165) is 30.1 Å². The summed E-state index contributed by atoms with van der Waals surface area (Å²) in [6.07, 6.45) is 3.42. The molecule has 0 saturated heterocycles. The lowest BCUT2D eigenvalue weighted by Gasteiger charge is -2.32. The van der Waals surface area contributed by atoms with Crippen molar-refractivity contribution in [1.82, 2.24) is 20.2 Å². The highest BCUT2D eigenvalue weighted by molar-refractivity contribution is 6.33. The zero-order valence-corrected chi connectivity index (χ0v) is 13.1. The molecule has 1 fully saturated rings. The van der Waals surface area contributed by atoms with E-state index in [9.17, 15) is 0 Å². The molecule has 1 aliphatic rings. The number of halogens is 1. The van der Waals surface area contributed by atoms with Gasteiger partial charge in [-0.1, -0.05) is 25.4 Å². The SMILES string of the molecule is CC1CCC(n2nnnc2-c2ccc(N)cc2Cl)CC1C. The average Bonchev–Trinajstić information content (AvgIpc) is 2.91. The van der Waals surface area contributed by atoms with E-state index in [0.29, 0.717) is 22.7 Å². The van der Waals surface area contributed by atoms with Gasteiger partial charge in [0.15, 0.2) is 5.82 Å². The van der Waals surface area contributed by atoms with Crippen molar-refractivity contribution < 1.29 is 0 Å². The largest absolute Gasteiger partial charge is 0.399 e. The maximum Gasteiger partial charge on any atom is 0.183 e. The van der Waals surface area contributed by atoms with Gasteiger partial charge in [0.1, 0.15) is 0 Å². The summed E-state index contributed by atoms with van der Waals surface area (Å²) >= 11 is 6.29.